The van der Waals surface area contributed by atoms with E-state index in [0.29, 0.717) is 5.69 Å². The third-order valence-corrected chi connectivity index (χ3v) is 5.56. The highest BCUT2D eigenvalue weighted by Gasteiger charge is 2.41. The average Bonchev–Trinajstić information content (AvgIpc) is 2.91. The van der Waals surface area contributed by atoms with Gasteiger partial charge in [-0.25, -0.2) is 15.1 Å². The second-order valence-corrected chi connectivity index (χ2v) is 8.12. The van der Waals surface area contributed by atoms with Gasteiger partial charge in [-0.3, -0.25) is 24.5 Å². The predicted molar refractivity (Wildman–Crippen MR) is 139 cm³/mol. The van der Waals surface area contributed by atoms with Gasteiger partial charge in [-0.1, -0.05) is 42.5 Å². The topological polar surface area (TPSA) is 146 Å². The molecular weight excluding hydrogens is 490 g/mol. The van der Waals surface area contributed by atoms with Crippen molar-refractivity contribution in [1.29, 1.82) is 0 Å². The molecule has 0 spiro atoms. The van der Waals surface area contributed by atoms with E-state index in [1.165, 1.54) is 25.3 Å². The van der Waals surface area contributed by atoms with Gasteiger partial charge in [0.1, 0.15) is 5.75 Å². The molecule has 1 aliphatic heterocycles. The van der Waals surface area contributed by atoms with E-state index in [0.717, 1.165) is 16.7 Å². The van der Waals surface area contributed by atoms with Crippen LogP contribution in [0.25, 0.3) is 0 Å². The Morgan fingerprint density at radius 3 is 2.37 bits per heavy atom. The number of hydrogen-bond acceptors (Lipinski definition) is 7. The van der Waals surface area contributed by atoms with Crippen molar-refractivity contribution in [1.82, 2.24) is 10.7 Å². The molecule has 1 saturated heterocycles. The molecule has 38 heavy (non-hydrogen) atoms. The second kappa shape index (κ2) is 11.6. The lowest BCUT2D eigenvalue weighted by atomic mass is 10.1. The molecule has 0 bridgehead atoms. The number of methoxy groups -OCH3 is 1. The summed E-state index contributed by atoms with van der Waals surface area (Å²) < 4.78 is 5.20. The number of nitrogens with one attached hydrogen (secondary N) is 3. The van der Waals surface area contributed by atoms with Crippen molar-refractivity contribution >= 4 is 47.2 Å². The number of para-hydroxylation sites is 2. The number of urea groups is 1. The zero-order chi connectivity index (χ0) is 27.1. The summed E-state index contributed by atoms with van der Waals surface area (Å²) in [7, 11) is 1.38. The van der Waals surface area contributed by atoms with Crippen molar-refractivity contribution in [2.24, 2.45) is 11.0 Å². The van der Waals surface area contributed by atoms with E-state index in [9.17, 15) is 24.0 Å². The molecule has 4 rings (SSSR count). The molecule has 192 valence electrons. The van der Waals surface area contributed by atoms with Crippen LogP contribution in [0.3, 0.4) is 0 Å². The van der Waals surface area contributed by atoms with Gasteiger partial charge >= 0.3 is 6.03 Å². The minimum atomic E-state index is -1.46. The molecular formula is C27H23N5O6. The average molecular weight is 514 g/mol. The lowest BCUT2D eigenvalue weighted by Crippen LogP contribution is -2.58. The largest absolute Gasteiger partial charge is 0.495 e. The van der Waals surface area contributed by atoms with Gasteiger partial charge in [0.05, 0.1) is 19.2 Å². The molecule has 0 aromatic heterocycles. The van der Waals surface area contributed by atoms with Crippen molar-refractivity contribution < 1.29 is 28.7 Å². The Bertz CT molecular complexity index is 1400. The Balaban J connectivity index is 1.37. The standard InChI is InChI=1S/C27H23N5O6/c1-38-22-10-6-5-9-21(22)32-26(36)20(25(35)30-27(32)37)16-28-31-24(34)18-11-13-19(14-12-18)29-23(33)15-17-7-3-2-4-8-17/h2-14,16,20H,15H2,1H3,(H,29,33)(H,31,34)(H,30,35,37)/b28-16-/t20-/m0/s1. The van der Waals surface area contributed by atoms with Gasteiger partial charge < -0.3 is 10.1 Å². The number of anilines is 2. The zero-order valence-corrected chi connectivity index (χ0v) is 20.2. The van der Waals surface area contributed by atoms with Crippen molar-refractivity contribution in [3.05, 3.63) is 90.0 Å². The van der Waals surface area contributed by atoms with Gasteiger partial charge in [-0.15, -0.1) is 0 Å². The number of carbonyl (C=O) groups excluding carboxylic acids is 5. The molecule has 0 unspecified atom stereocenters. The number of rotatable bonds is 8. The highest BCUT2D eigenvalue weighted by molar-refractivity contribution is 6.33. The normalized spacial score (nSPS) is 15.2. The smallest absolute Gasteiger partial charge is 0.335 e. The van der Waals surface area contributed by atoms with Crippen LogP contribution in [-0.4, -0.2) is 43.0 Å². The van der Waals surface area contributed by atoms with Gasteiger partial charge in [0.25, 0.3) is 11.8 Å². The molecule has 1 aliphatic rings. The van der Waals surface area contributed by atoms with E-state index in [2.05, 4.69) is 21.2 Å². The summed E-state index contributed by atoms with van der Waals surface area (Å²) in [6.45, 7) is 0. The fourth-order valence-corrected chi connectivity index (χ4v) is 3.69. The van der Waals surface area contributed by atoms with Crippen molar-refractivity contribution in [3.8, 4) is 5.75 Å². The third-order valence-electron chi connectivity index (χ3n) is 5.56. The molecule has 0 radical (unpaired) electrons. The summed E-state index contributed by atoms with van der Waals surface area (Å²) in [5.74, 6) is -3.73. The fraction of sp³-hybridized carbons (Fsp3) is 0.111. The molecule has 0 saturated carbocycles. The molecule has 3 aromatic carbocycles. The van der Waals surface area contributed by atoms with Gasteiger partial charge in [-0.2, -0.15) is 5.10 Å². The van der Waals surface area contributed by atoms with Crippen LogP contribution in [0.5, 0.6) is 5.75 Å². The quantitative estimate of drug-likeness (QED) is 0.240. The van der Waals surface area contributed by atoms with Crippen LogP contribution in [0, 0.1) is 5.92 Å². The van der Waals surface area contributed by atoms with Crippen molar-refractivity contribution in [2.45, 2.75) is 6.42 Å². The van der Waals surface area contributed by atoms with Crippen molar-refractivity contribution in [3.63, 3.8) is 0 Å². The Morgan fingerprint density at radius 1 is 0.974 bits per heavy atom. The molecule has 11 heteroatoms. The van der Waals surface area contributed by atoms with Gasteiger partial charge in [0, 0.05) is 17.5 Å². The number of barbiturate groups is 1. The van der Waals surface area contributed by atoms with Crippen LogP contribution in [0.4, 0.5) is 16.2 Å². The molecule has 0 aliphatic carbocycles. The molecule has 3 N–H and O–H groups in total. The monoisotopic (exact) mass is 513 g/mol. The van der Waals surface area contributed by atoms with E-state index in [-0.39, 0.29) is 29.3 Å². The summed E-state index contributed by atoms with van der Waals surface area (Å²) in [6.07, 6.45) is 1.16. The van der Waals surface area contributed by atoms with Crippen LogP contribution in [0.15, 0.2) is 84.0 Å². The summed E-state index contributed by atoms with van der Waals surface area (Å²) in [6, 6.07) is 20.8. The SMILES string of the molecule is COc1ccccc1N1C(=O)NC(=O)[C@H](/C=N\NC(=O)c2ccc(NC(=O)Cc3ccccc3)cc2)C1=O. The van der Waals surface area contributed by atoms with Crippen LogP contribution >= 0.6 is 0 Å². The Hall–Kier alpha value is -5.32. The lowest BCUT2D eigenvalue weighted by Gasteiger charge is -2.29. The first-order chi connectivity index (χ1) is 18.4. The zero-order valence-electron chi connectivity index (χ0n) is 20.2. The highest BCUT2D eigenvalue weighted by atomic mass is 16.5. The summed E-state index contributed by atoms with van der Waals surface area (Å²) in [5.41, 5.74) is 4.02. The van der Waals surface area contributed by atoms with E-state index >= 15 is 0 Å². The molecule has 3 aromatic rings. The fourth-order valence-electron chi connectivity index (χ4n) is 3.69. The van der Waals surface area contributed by atoms with Gasteiger partial charge in [0.2, 0.25) is 11.8 Å². The van der Waals surface area contributed by atoms with Crippen LogP contribution < -0.4 is 25.7 Å². The number of hydrazone groups is 1. The predicted octanol–water partition coefficient (Wildman–Crippen LogP) is 2.49. The third kappa shape index (κ3) is 5.90. The maximum Gasteiger partial charge on any atom is 0.335 e. The maximum atomic E-state index is 13.0. The second-order valence-electron chi connectivity index (χ2n) is 8.12. The molecule has 6 amide bonds. The van der Waals surface area contributed by atoms with E-state index in [4.69, 9.17) is 4.74 Å². The Morgan fingerprint density at radius 2 is 1.66 bits per heavy atom. The summed E-state index contributed by atoms with van der Waals surface area (Å²) >= 11 is 0. The molecule has 1 heterocycles. The van der Waals surface area contributed by atoms with Gasteiger partial charge in [-0.05, 0) is 42.0 Å². The molecule has 11 nitrogen and oxygen atoms in total. The molecule has 1 atom stereocenters. The van der Waals surface area contributed by atoms with E-state index < -0.39 is 29.7 Å². The van der Waals surface area contributed by atoms with E-state index in [1.807, 2.05) is 30.3 Å². The maximum absolute atomic E-state index is 13.0. The minimum Gasteiger partial charge on any atom is -0.495 e. The summed E-state index contributed by atoms with van der Waals surface area (Å²) in [4.78, 5) is 63.1. The van der Waals surface area contributed by atoms with Crippen LogP contribution in [-0.2, 0) is 20.8 Å². The number of imide groups is 2. The van der Waals surface area contributed by atoms with Crippen LogP contribution in [0.2, 0.25) is 0 Å². The number of ether oxygens (including phenoxy) is 1. The van der Waals surface area contributed by atoms with Crippen LogP contribution in [0.1, 0.15) is 15.9 Å². The number of benzene rings is 3. The summed E-state index contributed by atoms with van der Waals surface area (Å²) in [5, 5.41) is 8.60. The number of hydrogen-bond donors (Lipinski definition) is 3. The Labute approximate surface area is 217 Å². The number of carbonyl (C=O) groups is 5. The lowest BCUT2D eigenvalue weighted by molar-refractivity contribution is -0.131. The molecule has 1 fully saturated rings. The number of amides is 6. The van der Waals surface area contributed by atoms with Gasteiger partial charge in [0.15, 0.2) is 5.92 Å². The van der Waals surface area contributed by atoms with Crippen molar-refractivity contribution in [2.75, 3.05) is 17.3 Å². The Kier molecular flexibility index (Phi) is 7.87. The number of nitrogens with zero attached hydrogens (tertiary/aromatic N) is 2. The highest BCUT2D eigenvalue weighted by Crippen LogP contribution is 2.30. The first-order valence-electron chi connectivity index (χ1n) is 11.5. The van der Waals surface area contributed by atoms with E-state index in [1.54, 1.807) is 30.3 Å². The minimum absolute atomic E-state index is 0.156. The first-order valence-corrected chi connectivity index (χ1v) is 11.5. The first kappa shape index (κ1) is 25.8.